The van der Waals surface area contributed by atoms with E-state index in [2.05, 4.69) is 24.1 Å². The van der Waals surface area contributed by atoms with Gasteiger partial charge in [0.25, 0.3) is 0 Å². The number of benzene rings is 1. The van der Waals surface area contributed by atoms with Gasteiger partial charge in [0.1, 0.15) is 0 Å². The minimum Gasteiger partial charge on any atom is -0.372 e. The monoisotopic (exact) mass is 263 g/mol. The highest BCUT2D eigenvalue weighted by Gasteiger charge is 2.08. The van der Waals surface area contributed by atoms with Gasteiger partial charge in [-0.15, -0.1) is 0 Å². The molecule has 4 heteroatoms. The number of carbonyl (C=O) groups is 1. The number of carbonyl (C=O) groups excluding carboxylic acids is 1. The van der Waals surface area contributed by atoms with Crippen molar-refractivity contribution in [2.24, 2.45) is 5.73 Å². The molecule has 0 aliphatic carbocycles. The third-order valence-electron chi connectivity index (χ3n) is 3.25. The van der Waals surface area contributed by atoms with Crippen LogP contribution in [-0.2, 0) is 4.79 Å². The van der Waals surface area contributed by atoms with Gasteiger partial charge in [0.05, 0.1) is 0 Å². The maximum Gasteiger partial charge on any atom is 0.225 e. The lowest BCUT2D eigenvalue weighted by atomic mass is 10.1. The minimum absolute atomic E-state index is 0.0232. The highest BCUT2D eigenvalue weighted by atomic mass is 16.1. The predicted octanol–water partition coefficient (Wildman–Crippen LogP) is 2.60. The molecular weight excluding hydrogens is 238 g/mol. The van der Waals surface area contributed by atoms with Crippen LogP contribution in [0.3, 0.4) is 0 Å². The molecule has 1 unspecified atom stereocenters. The van der Waals surface area contributed by atoms with Crippen molar-refractivity contribution in [3.05, 3.63) is 24.3 Å². The molecule has 0 aliphatic rings. The second-order valence-electron chi connectivity index (χ2n) is 4.64. The van der Waals surface area contributed by atoms with Crippen LogP contribution < -0.4 is 16.0 Å². The van der Waals surface area contributed by atoms with Gasteiger partial charge in [0.15, 0.2) is 0 Å². The van der Waals surface area contributed by atoms with Crippen LogP contribution in [0.15, 0.2) is 24.3 Å². The zero-order valence-electron chi connectivity index (χ0n) is 12.1. The second kappa shape index (κ2) is 7.79. The third-order valence-corrected chi connectivity index (χ3v) is 3.25. The van der Waals surface area contributed by atoms with Crippen molar-refractivity contribution < 1.29 is 4.79 Å². The number of rotatable bonds is 7. The first-order valence-electron chi connectivity index (χ1n) is 7.01. The van der Waals surface area contributed by atoms with Gasteiger partial charge in [0.2, 0.25) is 5.91 Å². The molecule has 1 rings (SSSR count). The van der Waals surface area contributed by atoms with E-state index in [0.717, 1.165) is 25.2 Å². The van der Waals surface area contributed by atoms with E-state index in [1.165, 1.54) is 5.69 Å². The zero-order valence-corrected chi connectivity index (χ0v) is 12.1. The molecule has 1 aromatic rings. The Balaban J connectivity index is 2.59. The first-order valence-corrected chi connectivity index (χ1v) is 7.01. The van der Waals surface area contributed by atoms with E-state index < -0.39 is 0 Å². The molecule has 0 saturated carbocycles. The second-order valence-corrected chi connectivity index (χ2v) is 4.64. The van der Waals surface area contributed by atoms with Crippen molar-refractivity contribution in [2.75, 3.05) is 23.3 Å². The zero-order chi connectivity index (χ0) is 14.3. The molecule has 0 aliphatic heterocycles. The van der Waals surface area contributed by atoms with Crippen LogP contribution in [-0.4, -0.2) is 25.0 Å². The lowest BCUT2D eigenvalue weighted by molar-refractivity contribution is -0.116. The van der Waals surface area contributed by atoms with Crippen LogP contribution in [0.2, 0.25) is 0 Å². The van der Waals surface area contributed by atoms with Gasteiger partial charge in [-0.25, -0.2) is 0 Å². The summed E-state index contributed by atoms with van der Waals surface area (Å²) in [6.45, 7) is 8.20. The Kier molecular flexibility index (Phi) is 6.36. The molecule has 1 aromatic carbocycles. The van der Waals surface area contributed by atoms with Gasteiger partial charge in [-0.1, -0.05) is 6.92 Å². The van der Waals surface area contributed by atoms with E-state index in [-0.39, 0.29) is 11.9 Å². The molecule has 1 atom stereocenters. The molecule has 0 fully saturated rings. The highest BCUT2D eigenvalue weighted by Crippen LogP contribution is 2.17. The molecule has 0 spiro atoms. The van der Waals surface area contributed by atoms with Gasteiger partial charge < -0.3 is 16.0 Å². The number of nitrogens with one attached hydrogen (secondary N) is 1. The van der Waals surface area contributed by atoms with Gasteiger partial charge in [-0.05, 0) is 44.5 Å². The van der Waals surface area contributed by atoms with Crippen molar-refractivity contribution in [1.29, 1.82) is 0 Å². The molecular formula is C15H25N3O. The Hall–Kier alpha value is -1.55. The van der Waals surface area contributed by atoms with E-state index in [9.17, 15) is 4.79 Å². The molecule has 4 nitrogen and oxygen atoms in total. The van der Waals surface area contributed by atoms with Crippen LogP contribution in [0.25, 0.3) is 0 Å². The topological polar surface area (TPSA) is 58.4 Å². The molecule has 0 heterocycles. The summed E-state index contributed by atoms with van der Waals surface area (Å²) in [5, 5.41) is 2.87. The lowest BCUT2D eigenvalue weighted by Gasteiger charge is -2.21. The SMILES string of the molecule is CCC(N)CC(=O)Nc1ccc(N(CC)CC)cc1. The quantitative estimate of drug-likeness (QED) is 0.795. The number of hydrogen-bond acceptors (Lipinski definition) is 3. The summed E-state index contributed by atoms with van der Waals surface area (Å²) >= 11 is 0. The number of amides is 1. The first kappa shape index (κ1) is 15.5. The van der Waals surface area contributed by atoms with Crippen molar-refractivity contribution in [3.63, 3.8) is 0 Å². The molecule has 0 radical (unpaired) electrons. The molecule has 106 valence electrons. The average molecular weight is 263 g/mol. The maximum absolute atomic E-state index is 11.7. The summed E-state index contributed by atoms with van der Waals surface area (Å²) in [6, 6.07) is 7.87. The average Bonchev–Trinajstić information content (AvgIpc) is 2.41. The van der Waals surface area contributed by atoms with Crippen molar-refractivity contribution in [2.45, 2.75) is 39.7 Å². The summed E-state index contributed by atoms with van der Waals surface area (Å²) in [4.78, 5) is 14.0. The Morgan fingerprint density at radius 1 is 1.21 bits per heavy atom. The van der Waals surface area contributed by atoms with Gasteiger partial charge >= 0.3 is 0 Å². The Morgan fingerprint density at radius 3 is 2.26 bits per heavy atom. The van der Waals surface area contributed by atoms with E-state index in [1.807, 2.05) is 31.2 Å². The molecule has 19 heavy (non-hydrogen) atoms. The smallest absolute Gasteiger partial charge is 0.225 e. The number of nitrogens with two attached hydrogens (primary N) is 1. The van der Waals surface area contributed by atoms with E-state index in [4.69, 9.17) is 5.73 Å². The Morgan fingerprint density at radius 2 is 1.79 bits per heavy atom. The fourth-order valence-electron chi connectivity index (χ4n) is 1.94. The van der Waals surface area contributed by atoms with Crippen LogP contribution >= 0.6 is 0 Å². The Bertz CT molecular complexity index is 385. The van der Waals surface area contributed by atoms with Crippen molar-refractivity contribution in [1.82, 2.24) is 0 Å². The highest BCUT2D eigenvalue weighted by molar-refractivity contribution is 5.91. The van der Waals surface area contributed by atoms with Crippen LogP contribution in [0.5, 0.6) is 0 Å². The van der Waals surface area contributed by atoms with E-state index >= 15 is 0 Å². The number of nitrogens with zero attached hydrogens (tertiary/aromatic N) is 1. The lowest BCUT2D eigenvalue weighted by Crippen LogP contribution is -2.26. The largest absolute Gasteiger partial charge is 0.372 e. The fourth-order valence-corrected chi connectivity index (χ4v) is 1.94. The maximum atomic E-state index is 11.7. The fraction of sp³-hybridized carbons (Fsp3) is 0.533. The normalized spacial score (nSPS) is 12.0. The standard InChI is InChI=1S/C15H25N3O/c1-4-12(16)11-15(19)17-13-7-9-14(10-8-13)18(5-2)6-3/h7-10,12H,4-6,11,16H2,1-3H3,(H,17,19). The summed E-state index contributed by atoms with van der Waals surface area (Å²) in [5.74, 6) is -0.0232. The molecule has 0 saturated heterocycles. The van der Waals surface area contributed by atoms with E-state index in [1.54, 1.807) is 0 Å². The first-order chi connectivity index (χ1) is 9.10. The molecule has 1 amide bonds. The number of hydrogen-bond donors (Lipinski definition) is 2. The Labute approximate surface area is 116 Å². The molecule has 0 aromatic heterocycles. The van der Waals surface area contributed by atoms with Crippen LogP contribution in [0.4, 0.5) is 11.4 Å². The van der Waals surface area contributed by atoms with E-state index in [0.29, 0.717) is 6.42 Å². The van der Waals surface area contributed by atoms with Crippen molar-refractivity contribution >= 4 is 17.3 Å². The predicted molar refractivity (Wildman–Crippen MR) is 81.5 cm³/mol. The van der Waals surface area contributed by atoms with Crippen LogP contribution in [0, 0.1) is 0 Å². The number of anilines is 2. The summed E-state index contributed by atoms with van der Waals surface area (Å²) in [6.07, 6.45) is 1.18. The summed E-state index contributed by atoms with van der Waals surface area (Å²) in [5.41, 5.74) is 7.76. The third kappa shape index (κ3) is 4.91. The summed E-state index contributed by atoms with van der Waals surface area (Å²) in [7, 11) is 0. The van der Waals surface area contributed by atoms with Gasteiger partial charge in [0, 0.05) is 36.9 Å². The minimum atomic E-state index is -0.0602. The summed E-state index contributed by atoms with van der Waals surface area (Å²) < 4.78 is 0. The van der Waals surface area contributed by atoms with Crippen molar-refractivity contribution in [3.8, 4) is 0 Å². The van der Waals surface area contributed by atoms with Crippen LogP contribution in [0.1, 0.15) is 33.6 Å². The van der Waals surface area contributed by atoms with Gasteiger partial charge in [-0.3, -0.25) is 4.79 Å². The molecule has 3 N–H and O–H groups in total. The molecule has 0 bridgehead atoms. The van der Waals surface area contributed by atoms with Gasteiger partial charge in [-0.2, -0.15) is 0 Å².